The van der Waals surface area contributed by atoms with Gasteiger partial charge in [-0.25, -0.2) is 0 Å². The number of aryl methyl sites for hydroxylation is 1. The Bertz CT molecular complexity index is 455. The molecule has 1 aromatic carbocycles. The smallest absolute Gasteiger partial charge is 0.191 e. The predicted molar refractivity (Wildman–Crippen MR) is 112 cm³/mol. The van der Waals surface area contributed by atoms with E-state index in [1.165, 1.54) is 11.1 Å². The van der Waals surface area contributed by atoms with Crippen molar-refractivity contribution in [2.75, 3.05) is 34.2 Å². The lowest BCUT2D eigenvalue weighted by Gasteiger charge is -2.26. The molecule has 0 aliphatic heterocycles. The molecule has 1 rings (SSSR count). The van der Waals surface area contributed by atoms with Crippen LogP contribution in [0.15, 0.2) is 29.3 Å². The number of aliphatic imine (C=N–C) groups is 1. The summed E-state index contributed by atoms with van der Waals surface area (Å²) in [6.45, 7) is 8.33. The minimum absolute atomic E-state index is 0. The molecule has 1 unspecified atom stereocenters. The van der Waals surface area contributed by atoms with E-state index in [-0.39, 0.29) is 24.0 Å². The van der Waals surface area contributed by atoms with Gasteiger partial charge in [-0.2, -0.15) is 0 Å². The van der Waals surface area contributed by atoms with E-state index in [9.17, 15) is 0 Å². The largest absolute Gasteiger partial charge is 0.356 e. The summed E-state index contributed by atoms with van der Waals surface area (Å²) in [6.07, 6.45) is 1.08. The highest BCUT2D eigenvalue weighted by molar-refractivity contribution is 14.0. The summed E-state index contributed by atoms with van der Waals surface area (Å²) < 4.78 is 0. The van der Waals surface area contributed by atoms with Crippen molar-refractivity contribution in [1.29, 1.82) is 0 Å². The van der Waals surface area contributed by atoms with Gasteiger partial charge in [-0.3, -0.25) is 4.99 Å². The average molecular weight is 432 g/mol. The van der Waals surface area contributed by atoms with Crippen LogP contribution < -0.4 is 10.6 Å². The van der Waals surface area contributed by atoms with E-state index < -0.39 is 0 Å². The molecule has 0 fully saturated rings. The molecule has 132 valence electrons. The van der Waals surface area contributed by atoms with Crippen molar-refractivity contribution in [2.45, 2.75) is 33.2 Å². The van der Waals surface area contributed by atoms with Crippen LogP contribution in [0, 0.1) is 5.92 Å². The summed E-state index contributed by atoms with van der Waals surface area (Å²) in [5.74, 6) is 1.47. The summed E-state index contributed by atoms with van der Waals surface area (Å²) in [5, 5.41) is 6.78. The molecule has 1 aromatic rings. The van der Waals surface area contributed by atoms with E-state index >= 15 is 0 Å². The Kier molecular flexibility index (Phi) is 11.3. The SMILES string of the molecule is CCc1ccc(C(CNC(=NC)NCC(C)C)N(C)C)cc1.I. The van der Waals surface area contributed by atoms with Crippen molar-refractivity contribution in [3.63, 3.8) is 0 Å². The molecular weight excluding hydrogens is 399 g/mol. The van der Waals surface area contributed by atoms with Crippen LogP contribution in [0.1, 0.15) is 37.9 Å². The van der Waals surface area contributed by atoms with Gasteiger partial charge in [0.1, 0.15) is 0 Å². The van der Waals surface area contributed by atoms with E-state index in [4.69, 9.17) is 0 Å². The molecule has 0 amide bonds. The van der Waals surface area contributed by atoms with Crippen LogP contribution in [-0.2, 0) is 6.42 Å². The molecule has 0 saturated heterocycles. The van der Waals surface area contributed by atoms with Crippen LogP contribution in [0.25, 0.3) is 0 Å². The van der Waals surface area contributed by atoms with E-state index in [2.05, 4.69) is 79.7 Å². The molecule has 0 aliphatic rings. The molecule has 0 radical (unpaired) electrons. The third kappa shape index (κ3) is 8.01. The van der Waals surface area contributed by atoms with Crippen molar-refractivity contribution in [3.8, 4) is 0 Å². The van der Waals surface area contributed by atoms with Crippen molar-refractivity contribution < 1.29 is 0 Å². The highest BCUT2D eigenvalue weighted by Gasteiger charge is 2.14. The number of guanidine groups is 1. The van der Waals surface area contributed by atoms with Gasteiger partial charge in [0, 0.05) is 20.1 Å². The monoisotopic (exact) mass is 432 g/mol. The van der Waals surface area contributed by atoms with Crippen molar-refractivity contribution in [2.24, 2.45) is 10.9 Å². The van der Waals surface area contributed by atoms with Gasteiger partial charge in [0.15, 0.2) is 5.96 Å². The van der Waals surface area contributed by atoms with E-state index in [1.807, 2.05) is 7.05 Å². The van der Waals surface area contributed by atoms with Crippen LogP contribution in [-0.4, -0.2) is 45.1 Å². The first-order valence-corrected chi connectivity index (χ1v) is 8.17. The van der Waals surface area contributed by atoms with Crippen molar-refractivity contribution in [3.05, 3.63) is 35.4 Å². The normalized spacial score (nSPS) is 13.0. The second kappa shape index (κ2) is 11.7. The number of likely N-dealkylation sites (N-methyl/N-ethyl adjacent to an activating group) is 1. The first-order valence-electron chi connectivity index (χ1n) is 8.17. The molecule has 0 saturated carbocycles. The molecule has 0 aliphatic carbocycles. The molecule has 0 aromatic heterocycles. The third-order valence-electron chi connectivity index (χ3n) is 3.76. The molecule has 0 spiro atoms. The summed E-state index contributed by atoms with van der Waals surface area (Å²) in [7, 11) is 6.05. The summed E-state index contributed by atoms with van der Waals surface area (Å²) >= 11 is 0. The minimum atomic E-state index is 0. The number of nitrogens with zero attached hydrogens (tertiary/aromatic N) is 2. The average Bonchev–Trinajstić information content (AvgIpc) is 2.50. The number of benzene rings is 1. The minimum Gasteiger partial charge on any atom is -0.356 e. The van der Waals surface area contributed by atoms with E-state index in [0.717, 1.165) is 25.5 Å². The molecule has 0 bridgehead atoms. The lowest BCUT2D eigenvalue weighted by molar-refractivity contribution is 0.298. The molecule has 2 N–H and O–H groups in total. The fourth-order valence-electron chi connectivity index (χ4n) is 2.29. The zero-order valence-corrected chi connectivity index (χ0v) is 17.7. The number of halogens is 1. The number of hydrogen-bond donors (Lipinski definition) is 2. The quantitative estimate of drug-likeness (QED) is 0.395. The number of nitrogens with one attached hydrogen (secondary N) is 2. The second-order valence-electron chi connectivity index (χ2n) is 6.30. The highest BCUT2D eigenvalue weighted by atomic mass is 127. The van der Waals surface area contributed by atoms with Gasteiger partial charge < -0.3 is 15.5 Å². The second-order valence-corrected chi connectivity index (χ2v) is 6.30. The van der Waals surface area contributed by atoms with Gasteiger partial charge in [-0.05, 0) is 37.6 Å². The van der Waals surface area contributed by atoms with Crippen LogP contribution in [0.3, 0.4) is 0 Å². The van der Waals surface area contributed by atoms with E-state index in [0.29, 0.717) is 12.0 Å². The fourth-order valence-corrected chi connectivity index (χ4v) is 2.29. The van der Waals surface area contributed by atoms with Crippen LogP contribution >= 0.6 is 24.0 Å². The number of hydrogen-bond acceptors (Lipinski definition) is 2. The molecule has 4 nitrogen and oxygen atoms in total. The van der Waals surface area contributed by atoms with Gasteiger partial charge >= 0.3 is 0 Å². The van der Waals surface area contributed by atoms with Crippen LogP contribution in [0.4, 0.5) is 0 Å². The maximum Gasteiger partial charge on any atom is 0.191 e. The standard InChI is InChI=1S/C18H32N4.HI/c1-7-15-8-10-16(11-9-15)17(22(5)6)13-21-18(19-4)20-12-14(2)3;/h8-11,14,17H,7,12-13H2,1-6H3,(H2,19,20,21);1H. The zero-order valence-electron chi connectivity index (χ0n) is 15.4. The first-order chi connectivity index (χ1) is 10.5. The highest BCUT2D eigenvalue weighted by Crippen LogP contribution is 2.18. The Morgan fingerprint density at radius 2 is 1.65 bits per heavy atom. The maximum absolute atomic E-state index is 4.29. The molecule has 0 heterocycles. The van der Waals surface area contributed by atoms with Gasteiger partial charge in [-0.1, -0.05) is 45.0 Å². The van der Waals surface area contributed by atoms with Crippen molar-refractivity contribution in [1.82, 2.24) is 15.5 Å². The van der Waals surface area contributed by atoms with Gasteiger partial charge in [0.25, 0.3) is 0 Å². The Hall–Kier alpha value is -0.820. The lowest BCUT2D eigenvalue weighted by atomic mass is 10.0. The molecule has 5 heteroatoms. The Labute approximate surface area is 159 Å². The topological polar surface area (TPSA) is 39.7 Å². The van der Waals surface area contributed by atoms with Crippen molar-refractivity contribution >= 4 is 29.9 Å². The lowest BCUT2D eigenvalue weighted by Crippen LogP contribution is -2.42. The maximum atomic E-state index is 4.29. The Balaban J connectivity index is 0.00000484. The van der Waals surface area contributed by atoms with Crippen LogP contribution in [0.2, 0.25) is 0 Å². The van der Waals surface area contributed by atoms with Gasteiger partial charge in [0.05, 0.1) is 6.04 Å². The fraction of sp³-hybridized carbons (Fsp3) is 0.611. The Morgan fingerprint density at radius 1 is 1.09 bits per heavy atom. The third-order valence-corrected chi connectivity index (χ3v) is 3.76. The first kappa shape index (κ1) is 22.2. The van der Waals surface area contributed by atoms with Gasteiger partial charge in [-0.15, -0.1) is 24.0 Å². The van der Waals surface area contributed by atoms with Gasteiger partial charge in [0.2, 0.25) is 0 Å². The van der Waals surface area contributed by atoms with E-state index in [1.54, 1.807) is 0 Å². The Morgan fingerprint density at radius 3 is 2.09 bits per heavy atom. The zero-order chi connectivity index (χ0) is 16.5. The number of rotatable bonds is 7. The molecule has 1 atom stereocenters. The summed E-state index contributed by atoms with van der Waals surface area (Å²) in [4.78, 5) is 6.53. The molecular formula is C18H33IN4. The van der Waals surface area contributed by atoms with Crippen LogP contribution in [0.5, 0.6) is 0 Å². The summed E-state index contributed by atoms with van der Waals surface area (Å²) in [6, 6.07) is 9.23. The predicted octanol–water partition coefficient (Wildman–Crippen LogP) is 3.29. The summed E-state index contributed by atoms with van der Waals surface area (Å²) in [5.41, 5.74) is 2.71. The molecule has 23 heavy (non-hydrogen) atoms.